The molecule has 6 nitrogen and oxygen atoms in total. The van der Waals surface area contributed by atoms with Gasteiger partial charge in [0.1, 0.15) is 12.1 Å². The number of nitrogens with one attached hydrogen (secondary N) is 1. The van der Waals surface area contributed by atoms with Crippen LogP contribution in [0.15, 0.2) is 0 Å². The number of aliphatic carboxylic acids is 2. The summed E-state index contributed by atoms with van der Waals surface area (Å²) in [5, 5.41) is 19.7. The molecule has 0 spiro atoms. The van der Waals surface area contributed by atoms with E-state index in [1.807, 2.05) is 0 Å². The average molecular weight is 204 g/mol. The Hall–Kier alpha value is -1.14. The van der Waals surface area contributed by atoms with Gasteiger partial charge in [0, 0.05) is 0 Å². The molecule has 0 aliphatic heterocycles. The normalized spacial score (nSPS) is 14.7. The highest BCUT2D eigenvalue weighted by Gasteiger charge is 2.12. The quantitative estimate of drug-likeness (QED) is 0.405. The minimum atomic E-state index is -1.03. The summed E-state index contributed by atoms with van der Waals surface area (Å²) in [6, 6.07) is -1.48. The molecule has 0 saturated carbocycles. The molecule has 5 N–H and O–H groups in total. The highest BCUT2D eigenvalue weighted by Crippen LogP contribution is 1.93. The monoisotopic (exact) mass is 204 g/mol. The molecule has 0 aliphatic carbocycles. The minimum Gasteiger partial charge on any atom is -0.480 e. The second kappa shape index (κ2) is 6.33. The second-order valence-electron chi connectivity index (χ2n) is 3.10. The Bertz CT molecular complexity index is 186. The van der Waals surface area contributed by atoms with Crippen molar-refractivity contribution in [3.8, 4) is 0 Å². The van der Waals surface area contributed by atoms with E-state index in [-0.39, 0.29) is 0 Å². The summed E-state index contributed by atoms with van der Waals surface area (Å²) in [6.07, 6.45) is 0.889. The van der Waals surface area contributed by atoms with E-state index in [9.17, 15) is 9.59 Å². The molecule has 0 heterocycles. The van der Waals surface area contributed by atoms with Crippen LogP contribution in [-0.2, 0) is 9.59 Å². The van der Waals surface area contributed by atoms with Gasteiger partial charge in [0.2, 0.25) is 0 Å². The molecule has 6 heteroatoms. The molecule has 2 atom stereocenters. The summed E-state index contributed by atoms with van der Waals surface area (Å²) in [7, 11) is 0. The third kappa shape index (κ3) is 5.50. The first-order chi connectivity index (χ1) is 6.45. The third-order valence-corrected chi connectivity index (χ3v) is 1.83. The Morgan fingerprint density at radius 1 is 1.36 bits per heavy atom. The van der Waals surface area contributed by atoms with Crippen molar-refractivity contribution in [2.45, 2.75) is 31.8 Å². The molecule has 0 radical (unpaired) electrons. The second-order valence-corrected chi connectivity index (χ2v) is 3.10. The number of hydrogen-bond donors (Lipinski definition) is 4. The molecule has 82 valence electrons. The third-order valence-electron chi connectivity index (χ3n) is 1.83. The average Bonchev–Trinajstić information content (AvgIpc) is 2.11. The lowest BCUT2D eigenvalue weighted by atomic mass is 10.1. The van der Waals surface area contributed by atoms with Crippen LogP contribution < -0.4 is 11.1 Å². The van der Waals surface area contributed by atoms with Crippen molar-refractivity contribution >= 4 is 11.9 Å². The summed E-state index contributed by atoms with van der Waals surface area (Å²) in [6.45, 7) is 1.98. The summed E-state index contributed by atoms with van der Waals surface area (Å²) in [5.74, 6) is -1.95. The molecule has 0 saturated heterocycles. The molecule has 0 aromatic carbocycles. The van der Waals surface area contributed by atoms with Crippen LogP contribution in [0, 0.1) is 0 Å². The van der Waals surface area contributed by atoms with Crippen LogP contribution >= 0.6 is 0 Å². The maximum atomic E-state index is 10.4. The Labute approximate surface area is 82.1 Å². The first-order valence-corrected chi connectivity index (χ1v) is 4.39. The molecule has 0 rings (SSSR count). The van der Waals surface area contributed by atoms with Gasteiger partial charge >= 0.3 is 11.9 Å². The molecule has 0 aromatic rings. The number of carboxylic acid groups (broad SMARTS) is 2. The van der Waals surface area contributed by atoms with Gasteiger partial charge in [-0.3, -0.25) is 9.59 Å². The van der Waals surface area contributed by atoms with Crippen molar-refractivity contribution in [3.63, 3.8) is 0 Å². The van der Waals surface area contributed by atoms with E-state index in [1.165, 1.54) is 6.92 Å². The van der Waals surface area contributed by atoms with Gasteiger partial charge in [-0.2, -0.15) is 0 Å². The van der Waals surface area contributed by atoms with Crippen molar-refractivity contribution in [2.75, 3.05) is 6.54 Å². The van der Waals surface area contributed by atoms with Crippen LogP contribution in [0.1, 0.15) is 19.8 Å². The van der Waals surface area contributed by atoms with E-state index in [0.717, 1.165) is 0 Å². The Morgan fingerprint density at radius 3 is 2.36 bits per heavy atom. The fourth-order valence-corrected chi connectivity index (χ4v) is 0.851. The lowest BCUT2D eigenvalue weighted by Gasteiger charge is -2.09. The smallest absolute Gasteiger partial charge is 0.320 e. The largest absolute Gasteiger partial charge is 0.480 e. The van der Waals surface area contributed by atoms with E-state index >= 15 is 0 Å². The molecular formula is C8H16N2O4. The fourth-order valence-electron chi connectivity index (χ4n) is 0.851. The molecule has 0 amide bonds. The molecule has 0 fully saturated rings. The maximum absolute atomic E-state index is 10.4. The van der Waals surface area contributed by atoms with Gasteiger partial charge in [0.25, 0.3) is 0 Å². The van der Waals surface area contributed by atoms with E-state index in [4.69, 9.17) is 15.9 Å². The van der Waals surface area contributed by atoms with Crippen molar-refractivity contribution in [3.05, 3.63) is 0 Å². The van der Waals surface area contributed by atoms with Crippen molar-refractivity contribution in [2.24, 2.45) is 5.73 Å². The molecule has 0 unspecified atom stereocenters. The van der Waals surface area contributed by atoms with Gasteiger partial charge in [-0.25, -0.2) is 0 Å². The Balaban J connectivity index is 3.47. The van der Waals surface area contributed by atoms with Gasteiger partial charge in [0.15, 0.2) is 0 Å². The van der Waals surface area contributed by atoms with Crippen molar-refractivity contribution in [1.29, 1.82) is 0 Å². The first-order valence-electron chi connectivity index (χ1n) is 4.39. The highest BCUT2D eigenvalue weighted by atomic mass is 16.4. The summed E-state index contributed by atoms with van der Waals surface area (Å²) < 4.78 is 0. The SMILES string of the molecule is C[C@H](NCCC[C@H](N)C(=O)O)C(=O)O. The number of hydrogen-bond acceptors (Lipinski definition) is 4. The van der Waals surface area contributed by atoms with Crippen LogP contribution in [0.5, 0.6) is 0 Å². The van der Waals surface area contributed by atoms with Crippen LogP contribution in [0.2, 0.25) is 0 Å². The number of rotatable bonds is 7. The van der Waals surface area contributed by atoms with Crippen LogP contribution in [-0.4, -0.2) is 40.8 Å². The number of carbonyl (C=O) groups is 2. The van der Waals surface area contributed by atoms with Gasteiger partial charge in [0.05, 0.1) is 0 Å². The summed E-state index contributed by atoms with van der Waals surface area (Å²) >= 11 is 0. The van der Waals surface area contributed by atoms with Gasteiger partial charge in [-0.15, -0.1) is 0 Å². The standard InChI is InChI=1S/C8H16N2O4/c1-5(7(11)12)10-4-2-3-6(9)8(13)14/h5-6,10H,2-4,9H2,1H3,(H,11,12)(H,13,14)/t5-,6-/m0/s1. The summed E-state index contributed by atoms with van der Waals surface area (Å²) in [4.78, 5) is 20.7. The van der Waals surface area contributed by atoms with Crippen LogP contribution in [0.4, 0.5) is 0 Å². The predicted molar refractivity (Wildman–Crippen MR) is 49.9 cm³/mol. The van der Waals surface area contributed by atoms with Crippen LogP contribution in [0.25, 0.3) is 0 Å². The Morgan fingerprint density at radius 2 is 1.93 bits per heavy atom. The molecular weight excluding hydrogens is 188 g/mol. The number of nitrogens with two attached hydrogens (primary N) is 1. The predicted octanol–water partition coefficient (Wildman–Crippen LogP) is -0.759. The van der Waals surface area contributed by atoms with Crippen molar-refractivity contribution in [1.82, 2.24) is 5.32 Å². The van der Waals surface area contributed by atoms with Crippen LogP contribution in [0.3, 0.4) is 0 Å². The molecule has 0 aromatic heterocycles. The lowest BCUT2D eigenvalue weighted by Crippen LogP contribution is -2.36. The lowest BCUT2D eigenvalue weighted by molar-refractivity contribution is -0.140. The van der Waals surface area contributed by atoms with E-state index in [1.54, 1.807) is 0 Å². The maximum Gasteiger partial charge on any atom is 0.320 e. The zero-order valence-electron chi connectivity index (χ0n) is 8.06. The fraction of sp³-hybridized carbons (Fsp3) is 0.750. The zero-order chi connectivity index (χ0) is 11.1. The van der Waals surface area contributed by atoms with E-state index in [0.29, 0.717) is 19.4 Å². The van der Waals surface area contributed by atoms with Gasteiger partial charge in [-0.05, 0) is 26.3 Å². The van der Waals surface area contributed by atoms with E-state index < -0.39 is 24.0 Å². The van der Waals surface area contributed by atoms with E-state index in [2.05, 4.69) is 5.32 Å². The first kappa shape index (κ1) is 12.9. The molecule has 14 heavy (non-hydrogen) atoms. The number of carboxylic acids is 2. The summed E-state index contributed by atoms with van der Waals surface area (Å²) in [5.41, 5.74) is 5.25. The molecule has 0 aliphatic rings. The van der Waals surface area contributed by atoms with Gasteiger partial charge in [-0.1, -0.05) is 0 Å². The van der Waals surface area contributed by atoms with Crippen molar-refractivity contribution < 1.29 is 19.8 Å². The van der Waals surface area contributed by atoms with Gasteiger partial charge < -0.3 is 21.3 Å². The minimum absolute atomic E-state index is 0.342. The Kier molecular flexibility index (Phi) is 5.82. The zero-order valence-corrected chi connectivity index (χ0v) is 8.06. The highest BCUT2D eigenvalue weighted by molar-refractivity contribution is 5.73. The topological polar surface area (TPSA) is 113 Å². The molecule has 0 bridgehead atoms.